The molecule has 0 bridgehead atoms. The van der Waals surface area contributed by atoms with Crippen LogP contribution in [0.25, 0.3) is 0 Å². The molecular weight excluding hydrogens is 190 g/mol. The van der Waals surface area contributed by atoms with Crippen molar-refractivity contribution in [1.82, 2.24) is 4.98 Å². The summed E-state index contributed by atoms with van der Waals surface area (Å²) < 4.78 is 0. The molecule has 4 nitrogen and oxygen atoms in total. The highest BCUT2D eigenvalue weighted by Crippen LogP contribution is 2.37. The van der Waals surface area contributed by atoms with Crippen LogP contribution in [0.15, 0.2) is 18.3 Å². The molecule has 1 saturated carbocycles. The van der Waals surface area contributed by atoms with Crippen LogP contribution in [-0.4, -0.2) is 17.4 Å². The lowest BCUT2D eigenvalue weighted by Crippen LogP contribution is -2.16. The highest BCUT2D eigenvalue weighted by atomic mass is 16.1. The number of aromatic nitrogens is 1. The second kappa shape index (κ2) is 3.88. The fraction of sp³-hybridized carbons (Fsp3) is 0.455. The van der Waals surface area contributed by atoms with E-state index in [1.807, 2.05) is 0 Å². The molecule has 2 atom stereocenters. The molecule has 0 radical (unpaired) electrons. The van der Waals surface area contributed by atoms with E-state index in [4.69, 9.17) is 5.73 Å². The molecule has 1 fully saturated rings. The van der Waals surface area contributed by atoms with Crippen molar-refractivity contribution in [3.63, 3.8) is 0 Å². The molecule has 1 aliphatic rings. The van der Waals surface area contributed by atoms with Gasteiger partial charge >= 0.3 is 0 Å². The van der Waals surface area contributed by atoms with Gasteiger partial charge in [-0.15, -0.1) is 0 Å². The number of carbonyl (C=O) groups is 1. The van der Waals surface area contributed by atoms with Crippen LogP contribution in [-0.2, 0) is 0 Å². The smallest absolute Gasteiger partial charge is 0.252 e. The Morgan fingerprint density at radius 1 is 1.73 bits per heavy atom. The standard InChI is InChI=1S/C11H15N3O/c1-7-5-8(7)6-14-11-9(10(12)15)3-2-4-13-11/h2-4,7-8H,5-6H2,1H3,(H2,12,15)(H,13,14). The van der Waals surface area contributed by atoms with E-state index >= 15 is 0 Å². The molecule has 0 saturated heterocycles. The summed E-state index contributed by atoms with van der Waals surface area (Å²) in [7, 11) is 0. The number of hydrogen-bond acceptors (Lipinski definition) is 3. The summed E-state index contributed by atoms with van der Waals surface area (Å²) in [4.78, 5) is 15.2. The monoisotopic (exact) mass is 205 g/mol. The lowest BCUT2D eigenvalue weighted by Gasteiger charge is -2.07. The first-order valence-corrected chi connectivity index (χ1v) is 5.17. The first kappa shape index (κ1) is 9.96. The number of nitrogens with two attached hydrogens (primary N) is 1. The van der Waals surface area contributed by atoms with Gasteiger partial charge in [0.1, 0.15) is 5.82 Å². The van der Waals surface area contributed by atoms with Gasteiger partial charge in [0.05, 0.1) is 5.56 Å². The number of carbonyl (C=O) groups excluding carboxylic acids is 1. The van der Waals surface area contributed by atoms with E-state index < -0.39 is 5.91 Å². The van der Waals surface area contributed by atoms with Gasteiger partial charge in [0.25, 0.3) is 5.91 Å². The molecule has 4 heteroatoms. The van der Waals surface area contributed by atoms with Gasteiger partial charge < -0.3 is 11.1 Å². The lowest BCUT2D eigenvalue weighted by molar-refractivity contribution is 0.100. The zero-order valence-electron chi connectivity index (χ0n) is 8.73. The summed E-state index contributed by atoms with van der Waals surface area (Å²) >= 11 is 0. The quantitative estimate of drug-likeness (QED) is 0.777. The zero-order valence-corrected chi connectivity index (χ0v) is 8.73. The average molecular weight is 205 g/mol. The summed E-state index contributed by atoms with van der Waals surface area (Å²) in [5, 5.41) is 3.18. The highest BCUT2D eigenvalue weighted by molar-refractivity contribution is 5.97. The van der Waals surface area contributed by atoms with E-state index in [9.17, 15) is 4.79 Å². The molecule has 1 aromatic heterocycles. The van der Waals surface area contributed by atoms with Crippen molar-refractivity contribution in [2.24, 2.45) is 17.6 Å². The number of hydrogen-bond donors (Lipinski definition) is 2. The molecule has 2 rings (SSSR count). The Morgan fingerprint density at radius 2 is 2.47 bits per heavy atom. The molecule has 0 aromatic carbocycles. The van der Waals surface area contributed by atoms with Crippen molar-refractivity contribution in [2.75, 3.05) is 11.9 Å². The predicted molar refractivity (Wildman–Crippen MR) is 58.5 cm³/mol. The maximum absolute atomic E-state index is 11.1. The van der Waals surface area contributed by atoms with Crippen LogP contribution in [0, 0.1) is 11.8 Å². The van der Waals surface area contributed by atoms with Crippen LogP contribution in [0.4, 0.5) is 5.82 Å². The molecule has 3 N–H and O–H groups in total. The number of nitrogens with zero attached hydrogens (tertiary/aromatic N) is 1. The number of anilines is 1. The first-order chi connectivity index (χ1) is 7.18. The number of nitrogens with one attached hydrogen (secondary N) is 1. The molecule has 0 spiro atoms. The third-order valence-corrected chi connectivity index (χ3v) is 2.88. The third kappa shape index (κ3) is 2.26. The van der Waals surface area contributed by atoms with E-state index in [1.165, 1.54) is 6.42 Å². The Labute approximate surface area is 88.9 Å². The van der Waals surface area contributed by atoms with Gasteiger partial charge in [-0.25, -0.2) is 4.98 Å². The van der Waals surface area contributed by atoms with Crippen LogP contribution >= 0.6 is 0 Å². The Kier molecular flexibility index (Phi) is 2.58. The summed E-state index contributed by atoms with van der Waals surface area (Å²) in [6.45, 7) is 3.10. The summed E-state index contributed by atoms with van der Waals surface area (Å²) in [5.74, 6) is 1.67. The molecule has 1 aromatic rings. The van der Waals surface area contributed by atoms with E-state index in [-0.39, 0.29) is 0 Å². The van der Waals surface area contributed by atoms with E-state index in [1.54, 1.807) is 18.3 Å². The molecule has 1 amide bonds. The molecular formula is C11H15N3O. The van der Waals surface area contributed by atoms with Gasteiger partial charge in [-0.2, -0.15) is 0 Å². The van der Waals surface area contributed by atoms with Crippen molar-refractivity contribution < 1.29 is 4.79 Å². The van der Waals surface area contributed by atoms with Gasteiger partial charge in [0, 0.05) is 12.7 Å². The van der Waals surface area contributed by atoms with Crippen molar-refractivity contribution in [2.45, 2.75) is 13.3 Å². The molecule has 2 unspecified atom stereocenters. The second-order valence-electron chi connectivity index (χ2n) is 4.12. The Morgan fingerprint density at radius 3 is 3.07 bits per heavy atom. The van der Waals surface area contributed by atoms with Crippen LogP contribution in [0.5, 0.6) is 0 Å². The highest BCUT2D eigenvalue weighted by Gasteiger charge is 2.32. The fourth-order valence-electron chi connectivity index (χ4n) is 1.66. The molecule has 80 valence electrons. The molecule has 1 aliphatic carbocycles. The summed E-state index contributed by atoms with van der Waals surface area (Å²) in [6, 6.07) is 3.40. The van der Waals surface area contributed by atoms with E-state index in [2.05, 4.69) is 17.2 Å². The minimum atomic E-state index is -0.436. The topological polar surface area (TPSA) is 68.0 Å². The Bertz CT molecular complexity index is 378. The average Bonchev–Trinajstić information content (AvgIpc) is 2.92. The minimum absolute atomic E-state index is 0.436. The number of amides is 1. The maximum atomic E-state index is 11.1. The second-order valence-corrected chi connectivity index (χ2v) is 4.12. The SMILES string of the molecule is CC1CC1CNc1ncccc1C(N)=O. The van der Waals surface area contributed by atoms with E-state index in [0.717, 1.165) is 12.5 Å². The van der Waals surface area contributed by atoms with Gasteiger partial charge in [0.15, 0.2) is 0 Å². The van der Waals surface area contributed by atoms with Crippen LogP contribution in [0.2, 0.25) is 0 Å². The maximum Gasteiger partial charge on any atom is 0.252 e. The Balaban J connectivity index is 2.03. The van der Waals surface area contributed by atoms with Gasteiger partial charge in [-0.05, 0) is 30.4 Å². The van der Waals surface area contributed by atoms with Crippen molar-refractivity contribution >= 4 is 11.7 Å². The van der Waals surface area contributed by atoms with Crippen LogP contribution in [0.3, 0.4) is 0 Å². The van der Waals surface area contributed by atoms with Gasteiger partial charge in [-0.3, -0.25) is 4.79 Å². The van der Waals surface area contributed by atoms with Crippen LogP contribution in [0.1, 0.15) is 23.7 Å². The molecule has 1 heterocycles. The first-order valence-electron chi connectivity index (χ1n) is 5.17. The fourth-order valence-corrected chi connectivity index (χ4v) is 1.66. The predicted octanol–water partition coefficient (Wildman–Crippen LogP) is 1.25. The van der Waals surface area contributed by atoms with Gasteiger partial charge in [-0.1, -0.05) is 6.92 Å². The van der Waals surface area contributed by atoms with Crippen molar-refractivity contribution in [1.29, 1.82) is 0 Å². The Hall–Kier alpha value is -1.58. The zero-order chi connectivity index (χ0) is 10.8. The van der Waals surface area contributed by atoms with Crippen molar-refractivity contribution in [3.8, 4) is 0 Å². The summed E-state index contributed by atoms with van der Waals surface area (Å²) in [5.41, 5.74) is 5.71. The normalized spacial score (nSPS) is 23.5. The van der Waals surface area contributed by atoms with Crippen LogP contribution < -0.4 is 11.1 Å². The molecule has 0 aliphatic heterocycles. The number of primary amides is 1. The van der Waals surface area contributed by atoms with Gasteiger partial charge in [0.2, 0.25) is 0 Å². The third-order valence-electron chi connectivity index (χ3n) is 2.88. The summed E-state index contributed by atoms with van der Waals surface area (Å²) in [6.07, 6.45) is 2.91. The molecule has 15 heavy (non-hydrogen) atoms. The van der Waals surface area contributed by atoms with Crippen molar-refractivity contribution in [3.05, 3.63) is 23.9 Å². The van der Waals surface area contributed by atoms with E-state index in [0.29, 0.717) is 17.3 Å². The largest absolute Gasteiger partial charge is 0.369 e. The lowest BCUT2D eigenvalue weighted by atomic mass is 10.2. The number of pyridine rings is 1. The number of rotatable bonds is 4. The minimum Gasteiger partial charge on any atom is -0.369 e.